The van der Waals surface area contributed by atoms with Crippen molar-refractivity contribution in [3.8, 4) is 0 Å². The Morgan fingerprint density at radius 2 is 1.82 bits per heavy atom. The lowest BCUT2D eigenvalue weighted by molar-refractivity contribution is -0.275. The number of benzene rings is 1. The highest BCUT2D eigenvalue weighted by Gasteiger charge is 2.62. The van der Waals surface area contributed by atoms with Crippen LogP contribution in [0, 0.1) is 5.92 Å². The van der Waals surface area contributed by atoms with Crippen LogP contribution >= 0.6 is 23.2 Å². The number of pyridine rings is 1. The maximum atomic E-state index is 14.2. The number of alkyl halides is 3. The second kappa shape index (κ2) is 7.83. The molecule has 0 radical (unpaired) electrons. The van der Waals surface area contributed by atoms with Crippen LogP contribution in [0.1, 0.15) is 42.7 Å². The summed E-state index contributed by atoms with van der Waals surface area (Å²) in [5, 5.41) is 3.89. The molecule has 6 nitrogen and oxygen atoms in total. The number of nitrogens with zero attached hydrogens (tertiary/aromatic N) is 3. The van der Waals surface area contributed by atoms with Crippen molar-refractivity contribution >= 4 is 34.8 Å². The second-order valence-electron chi connectivity index (χ2n) is 9.15. The molecule has 0 saturated carbocycles. The molecular formula is C23H20Cl2F3N3O3. The van der Waals surface area contributed by atoms with Crippen molar-refractivity contribution in [2.75, 3.05) is 13.1 Å². The van der Waals surface area contributed by atoms with E-state index in [2.05, 4.69) is 10.1 Å². The maximum absolute atomic E-state index is 14.2. The molecule has 5 rings (SSSR count). The lowest BCUT2D eigenvalue weighted by atomic mass is 9.84. The predicted octanol–water partition coefficient (Wildman–Crippen LogP) is 5.19. The fraction of sp³-hybridized carbons (Fsp3) is 0.435. The summed E-state index contributed by atoms with van der Waals surface area (Å²) in [4.78, 5) is 23.4. The minimum absolute atomic E-state index is 0.0503. The van der Waals surface area contributed by atoms with Crippen LogP contribution in [-0.2, 0) is 32.2 Å². The zero-order valence-corrected chi connectivity index (χ0v) is 19.8. The van der Waals surface area contributed by atoms with Crippen molar-refractivity contribution in [3.63, 3.8) is 0 Å². The zero-order chi connectivity index (χ0) is 24.5. The quantitative estimate of drug-likeness (QED) is 0.566. The van der Waals surface area contributed by atoms with Gasteiger partial charge in [0.1, 0.15) is 11.3 Å². The molecule has 1 aromatic carbocycles. The van der Waals surface area contributed by atoms with Gasteiger partial charge >= 0.3 is 6.18 Å². The number of rotatable bonds is 3. The van der Waals surface area contributed by atoms with Gasteiger partial charge in [0.05, 0.1) is 31.8 Å². The molecule has 1 fully saturated rings. The Hall–Kier alpha value is -2.36. The van der Waals surface area contributed by atoms with Gasteiger partial charge in [-0.1, -0.05) is 42.2 Å². The molecule has 3 aliphatic rings. The Labute approximate surface area is 203 Å². The number of carbonyl (C=O) groups is 1. The van der Waals surface area contributed by atoms with E-state index in [0.717, 1.165) is 11.1 Å². The van der Waals surface area contributed by atoms with Crippen LogP contribution in [0.4, 0.5) is 13.2 Å². The first-order chi connectivity index (χ1) is 15.9. The van der Waals surface area contributed by atoms with E-state index in [1.807, 2.05) is 13.8 Å². The van der Waals surface area contributed by atoms with Gasteiger partial charge in [-0.25, -0.2) is 0 Å². The van der Waals surface area contributed by atoms with E-state index < -0.39 is 23.8 Å². The Morgan fingerprint density at radius 3 is 2.44 bits per heavy atom. The number of halogens is 5. The van der Waals surface area contributed by atoms with Gasteiger partial charge in [-0.2, -0.15) is 13.2 Å². The monoisotopic (exact) mass is 513 g/mol. The number of carbonyl (C=O) groups excluding carboxylic acids is 1. The Bertz CT molecular complexity index is 1190. The summed E-state index contributed by atoms with van der Waals surface area (Å²) in [6, 6.07) is 5.38. The number of likely N-dealkylation sites (tertiary alicyclic amines) is 1. The van der Waals surface area contributed by atoms with E-state index in [0.29, 0.717) is 13.1 Å². The highest BCUT2D eigenvalue weighted by molar-refractivity contribution is 6.34. The highest BCUT2D eigenvalue weighted by atomic mass is 35.5. The molecule has 0 N–H and O–H groups in total. The predicted molar refractivity (Wildman–Crippen MR) is 119 cm³/mol. The number of amides is 1. The normalized spacial score (nSPS) is 23.1. The van der Waals surface area contributed by atoms with Crippen molar-refractivity contribution in [3.05, 3.63) is 62.9 Å². The molecule has 1 aromatic heterocycles. The standard InChI is InChI=1S/C23H20Cl2F3N3O3/c1-12(2)20(32)31-10-21(11-31)17-8-29-18(3-13(17)9-33-21)19-7-22(34-30-19,23(26,27)28)14-4-15(24)6-16(25)5-14/h3-6,8,12H,7,9-11H2,1-2H3. The number of hydrogen-bond acceptors (Lipinski definition) is 5. The van der Waals surface area contributed by atoms with E-state index in [1.54, 1.807) is 17.2 Å². The van der Waals surface area contributed by atoms with Crippen LogP contribution in [0.5, 0.6) is 0 Å². The van der Waals surface area contributed by atoms with E-state index >= 15 is 0 Å². The molecule has 2 aromatic rings. The first-order valence-electron chi connectivity index (χ1n) is 10.6. The van der Waals surface area contributed by atoms with Gasteiger partial charge < -0.3 is 14.5 Å². The summed E-state index contributed by atoms with van der Waals surface area (Å²) in [5.74, 6) is -0.0586. The fourth-order valence-corrected chi connectivity index (χ4v) is 5.19. The van der Waals surface area contributed by atoms with Crippen molar-refractivity contribution in [2.24, 2.45) is 11.1 Å². The van der Waals surface area contributed by atoms with E-state index in [1.165, 1.54) is 18.2 Å². The van der Waals surface area contributed by atoms with E-state index in [4.69, 9.17) is 32.8 Å². The molecule has 1 spiro atoms. The number of oxime groups is 1. The fourth-order valence-electron chi connectivity index (χ4n) is 4.66. The summed E-state index contributed by atoms with van der Waals surface area (Å²) in [6.07, 6.45) is -3.77. The van der Waals surface area contributed by atoms with Crippen molar-refractivity contribution in [1.82, 2.24) is 9.88 Å². The summed E-state index contributed by atoms with van der Waals surface area (Å²) in [6.45, 7) is 4.81. The SMILES string of the molecule is CC(C)C(=O)N1CC2(C1)OCc1cc(C3=NOC(c4cc(Cl)cc(Cl)c4)(C(F)(F)F)C3)ncc12. The topological polar surface area (TPSA) is 64.0 Å². The second-order valence-corrected chi connectivity index (χ2v) is 10.0. The van der Waals surface area contributed by atoms with Gasteiger partial charge in [0.15, 0.2) is 0 Å². The molecule has 1 unspecified atom stereocenters. The van der Waals surface area contributed by atoms with Crippen LogP contribution in [0.3, 0.4) is 0 Å². The first-order valence-corrected chi connectivity index (χ1v) is 11.4. The lowest BCUT2D eigenvalue weighted by Crippen LogP contribution is -2.62. The molecule has 1 atom stereocenters. The van der Waals surface area contributed by atoms with Gasteiger partial charge in [-0.3, -0.25) is 9.78 Å². The number of aromatic nitrogens is 1. The molecule has 0 aliphatic carbocycles. The van der Waals surface area contributed by atoms with E-state index in [-0.39, 0.29) is 45.4 Å². The highest BCUT2D eigenvalue weighted by Crippen LogP contribution is 2.50. The van der Waals surface area contributed by atoms with Crippen LogP contribution in [0.2, 0.25) is 10.0 Å². The molecule has 34 heavy (non-hydrogen) atoms. The smallest absolute Gasteiger partial charge is 0.374 e. The zero-order valence-electron chi connectivity index (χ0n) is 18.2. The Morgan fingerprint density at radius 1 is 1.15 bits per heavy atom. The molecule has 0 bridgehead atoms. The molecule has 3 aliphatic heterocycles. The molecule has 1 saturated heterocycles. The van der Waals surface area contributed by atoms with Crippen molar-refractivity contribution in [1.29, 1.82) is 0 Å². The van der Waals surface area contributed by atoms with Gasteiger partial charge in [0, 0.05) is 33.3 Å². The van der Waals surface area contributed by atoms with Gasteiger partial charge in [-0.05, 0) is 29.8 Å². The largest absolute Gasteiger partial charge is 0.435 e. The minimum Gasteiger partial charge on any atom is -0.374 e. The molecule has 1 amide bonds. The average Bonchev–Trinajstić information content (AvgIpc) is 3.34. The first kappa shape index (κ1) is 23.4. The van der Waals surface area contributed by atoms with Gasteiger partial charge in [0.2, 0.25) is 5.91 Å². The van der Waals surface area contributed by atoms with Gasteiger partial charge in [0.25, 0.3) is 5.60 Å². The average molecular weight is 514 g/mol. The van der Waals surface area contributed by atoms with Crippen LogP contribution in [0.25, 0.3) is 0 Å². The van der Waals surface area contributed by atoms with E-state index in [9.17, 15) is 18.0 Å². The molecular weight excluding hydrogens is 494 g/mol. The maximum Gasteiger partial charge on any atom is 0.435 e. The molecule has 11 heteroatoms. The molecule has 180 valence electrons. The van der Waals surface area contributed by atoms with Gasteiger partial charge in [-0.15, -0.1) is 0 Å². The Kier molecular flexibility index (Phi) is 5.38. The third-order valence-electron chi connectivity index (χ3n) is 6.49. The summed E-state index contributed by atoms with van der Waals surface area (Å²) in [5.41, 5.74) is -1.60. The van der Waals surface area contributed by atoms with Crippen LogP contribution < -0.4 is 0 Å². The number of fused-ring (bicyclic) bond motifs is 2. The number of hydrogen-bond donors (Lipinski definition) is 0. The molecule has 4 heterocycles. The Balaban J connectivity index is 1.41. The minimum atomic E-state index is -4.78. The third kappa shape index (κ3) is 3.56. The van der Waals surface area contributed by atoms with Crippen LogP contribution in [-0.4, -0.2) is 40.8 Å². The summed E-state index contributed by atoms with van der Waals surface area (Å²) in [7, 11) is 0. The summed E-state index contributed by atoms with van der Waals surface area (Å²) < 4.78 is 48.7. The third-order valence-corrected chi connectivity index (χ3v) is 6.93. The number of ether oxygens (including phenoxy) is 1. The van der Waals surface area contributed by atoms with Crippen LogP contribution in [0.15, 0.2) is 35.6 Å². The van der Waals surface area contributed by atoms with Crippen molar-refractivity contribution < 1.29 is 27.5 Å². The summed E-state index contributed by atoms with van der Waals surface area (Å²) >= 11 is 11.9. The lowest BCUT2D eigenvalue weighted by Gasteiger charge is -2.48. The van der Waals surface area contributed by atoms with Crippen molar-refractivity contribution in [2.45, 2.75) is 44.3 Å².